The first-order chi connectivity index (χ1) is 9.00. The Balaban J connectivity index is 2.41. The molecule has 0 aliphatic carbocycles. The summed E-state index contributed by atoms with van der Waals surface area (Å²) in [5.41, 5.74) is -0.340. The second-order valence-corrected chi connectivity index (χ2v) is 4.91. The Kier molecular flexibility index (Phi) is 3.77. The van der Waals surface area contributed by atoms with Gasteiger partial charge in [-0.15, -0.1) is 11.3 Å². The first-order valence-electron chi connectivity index (χ1n) is 5.12. The summed E-state index contributed by atoms with van der Waals surface area (Å²) in [7, 11) is 1.51. The molecule has 2 rings (SSSR count). The van der Waals surface area contributed by atoms with Gasteiger partial charge in [-0.05, 0) is 12.1 Å². The molecule has 0 radical (unpaired) electrons. The lowest BCUT2D eigenvalue weighted by Crippen LogP contribution is -2.26. The largest absolute Gasteiger partial charge is 0.287 e. The van der Waals surface area contributed by atoms with Gasteiger partial charge in [0, 0.05) is 29.7 Å². The van der Waals surface area contributed by atoms with Crippen LogP contribution in [0.1, 0.15) is 10.4 Å². The maximum atomic E-state index is 12.2. The van der Waals surface area contributed by atoms with Crippen molar-refractivity contribution in [3.8, 4) is 0 Å². The van der Waals surface area contributed by atoms with Gasteiger partial charge in [0.2, 0.25) is 0 Å². The van der Waals surface area contributed by atoms with Crippen molar-refractivity contribution in [1.29, 1.82) is 0 Å². The van der Waals surface area contributed by atoms with Crippen LogP contribution in [0.25, 0.3) is 0 Å². The number of nitro groups is 1. The van der Waals surface area contributed by atoms with Crippen LogP contribution in [0.4, 0.5) is 10.8 Å². The summed E-state index contributed by atoms with van der Waals surface area (Å²) in [5.74, 6) is -0.502. The van der Waals surface area contributed by atoms with E-state index in [1.54, 1.807) is 11.6 Å². The van der Waals surface area contributed by atoms with Gasteiger partial charge in [0.25, 0.3) is 11.6 Å². The molecule has 2 aromatic rings. The number of nitro benzene ring substituents is 1. The van der Waals surface area contributed by atoms with Crippen LogP contribution in [0.5, 0.6) is 0 Å². The molecule has 98 valence electrons. The van der Waals surface area contributed by atoms with Gasteiger partial charge in [0.15, 0.2) is 5.13 Å². The van der Waals surface area contributed by atoms with E-state index in [0.717, 1.165) is 6.07 Å². The van der Waals surface area contributed by atoms with E-state index in [2.05, 4.69) is 4.98 Å². The topological polar surface area (TPSA) is 76.3 Å². The summed E-state index contributed by atoms with van der Waals surface area (Å²) in [4.78, 5) is 27.8. The molecule has 0 atom stereocenters. The highest BCUT2D eigenvalue weighted by molar-refractivity contribution is 7.13. The summed E-state index contributed by atoms with van der Waals surface area (Å²) in [6.45, 7) is 0. The van der Waals surface area contributed by atoms with E-state index < -0.39 is 10.8 Å². The SMILES string of the molecule is CN(C(=O)c1ccc(Cl)cc1[N+](=O)[O-])c1nccs1. The zero-order valence-electron chi connectivity index (χ0n) is 9.74. The molecule has 0 unspecified atom stereocenters. The smallest absolute Gasteiger partial charge is 0.283 e. The molecule has 1 amide bonds. The van der Waals surface area contributed by atoms with Crippen molar-refractivity contribution in [2.45, 2.75) is 0 Å². The first-order valence-corrected chi connectivity index (χ1v) is 6.38. The molecular weight excluding hydrogens is 290 g/mol. The molecular formula is C11H8ClN3O3S. The van der Waals surface area contributed by atoms with Crippen molar-refractivity contribution in [2.75, 3.05) is 11.9 Å². The van der Waals surface area contributed by atoms with Gasteiger partial charge in [-0.1, -0.05) is 11.6 Å². The summed E-state index contributed by atoms with van der Waals surface area (Å²) in [6, 6.07) is 3.94. The van der Waals surface area contributed by atoms with Crippen molar-refractivity contribution in [2.24, 2.45) is 0 Å². The summed E-state index contributed by atoms with van der Waals surface area (Å²) >= 11 is 6.97. The minimum Gasteiger partial charge on any atom is -0.287 e. The van der Waals surface area contributed by atoms with E-state index >= 15 is 0 Å². The fraction of sp³-hybridized carbons (Fsp3) is 0.0909. The number of anilines is 1. The quantitative estimate of drug-likeness (QED) is 0.644. The third-order valence-electron chi connectivity index (χ3n) is 2.40. The van der Waals surface area contributed by atoms with Crippen LogP contribution in [0.2, 0.25) is 5.02 Å². The van der Waals surface area contributed by atoms with Crippen LogP contribution in [-0.2, 0) is 0 Å². The molecule has 19 heavy (non-hydrogen) atoms. The van der Waals surface area contributed by atoms with Crippen LogP contribution in [-0.4, -0.2) is 22.9 Å². The molecule has 1 heterocycles. The van der Waals surface area contributed by atoms with Gasteiger partial charge in [-0.3, -0.25) is 19.8 Å². The molecule has 0 spiro atoms. The Bertz CT molecular complexity index is 630. The second kappa shape index (κ2) is 5.33. The Morgan fingerprint density at radius 3 is 2.84 bits per heavy atom. The van der Waals surface area contributed by atoms with Crippen LogP contribution in [0.3, 0.4) is 0 Å². The minimum atomic E-state index is -0.630. The van der Waals surface area contributed by atoms with Crippen molar-refractivity contribution < 1.29 is 9.72 Å². The van der Waals surface area contributed by atoms with Gasteiger partial charge in [0.1, 0.15) is 5.56 Å². The van der Waals surface area contributed by atoms with Gasteiger partial charge in [-0.2, -0.15) is 0 Å². The highest BCUT2D eigenvalue weighted by Crippen LogP contribution is 2.26. The van der Waals surface area contributed by atoms with Crippen LogP contribution in [0.15, 0.2) is 29.8 Å². The third kappa shape index (κ3) is 2.72. The van der Waals surface area contributed by atoms with E-state index in [1.807, 2.05) is 0 Å². The van der Waals surface area contributed by atoms with Crippen LogP contribution in [0, 0.1) is 10.1 Å². The average molecular weight is 298 g/mol. The monoisotopic (exact) mass is 297 g/mol. The maximum absolute atomic E-state index is 12.2. The summed E-state index contributed by atoms with van der Waals surface area (Å²) < 4.78 is 0. The van der Waals surface area contributed by atoms with E-state index in [1.165, 1.54) is 35.4 Å². The average Bonchev–Trinajstić information content (AvgIpc) is 2.90. The number of carbonyl (C=O) groups excluding carboxylic acids is 1. The van der Waals surface area contributed by atoms with Gasteiger partial charge < -0.3 is 0 Å². The molecule has 0 bridgehead atoms. The number of carbonyl (C=O) groups is 1. The fourth-order valence-corrected chi connectivity index (χ4v) is 2.26. The number of aromatic nitrogens is 1. The molecule has 0 aliphatic rings. The lowest BCUT2D eigenvalue weighted by molar-refractivity contribution is -0.385. The first kappa shape index (κ1) is 13.4. The molecule has 1 aromatic carbocycles. The highest BCUT2D eigenvalue weighted by atomic mass is 35.5. The predicted octanol–water partition coefficient (Wildman–Crippen LogP) is 2.98. The second-order valence-electron chi connectivity index (χ2n) is 3.60. The summed E-state index contributed by atoms with van der Waals surface area (Å²) in [5, 5.41) is 13.3. The zero-order valence-corrected chi connectivity index (χ0v) is 11.3. The molecule has 0 fully saturated rings. The van der Waals surface area contributed by atoms with Crippen LogP contribution >= 0.6 is 22.9 Å². The number of halogens is 1. The standard InChI is InChI=1S/C11H8ClN3O3S/c1-14(11-13-4-5-19-11)10(16)8-3-2-7(12)6-9(8)15(17)18/h2-6H,1H3. The zero-order chi connectivity index (χ0) is 14.0. The normalized spacial score (nSPS) is 10.2. The molecule has 0 N–H and O–H groups in total. The molecule has 6 nitrogen and oxygen atoms in total. The fourth-order valence-electron chi connectivity index (χ4n) is 1.49. The number of hydrogen-bond donors (Lipinski definition) is 0. The lowest BCUT2D eigenvalue weighted by atomic mass is 10.1. The lowest BCUT2D eigenvalue weighted by Gasteiger charge is -2.13. The van der Waals surface area contributed by atoms with Gasteiger partial charge in [0.05, 0.1) is 4.92 Å². The van der Waals surface area contributed by atoms with E-state index in [0.29, 0.717) is 5.13 Å². The number of benzene rings is 1. The predicted molar refractivity (Wildman–Crippen MR) is 73.0 cm³/mol. The Hall–Kier alpha value is -1.99. The number of hydrogen-bond acceptors (Lipinski definition) is 5. The Labute approximate surface area is 117 Å². The van der Waals surface area contributed by atoms with E-state index in [4.69, 9.17) is 11.6 Å². The molecule has 0 saturated carbocycles. The molecule has 0 aliphatic heterocycles. The summed E-state index contributed by atoms with van der Waals surface area (Å²) in [6.07, 6.45) is 1.56. The van der Waals surface area contributed by atoms with Crippen molar-refractivity contribution >= 4 is 39.7 Å². The molecule has 1 aromatic heterocycles. The van der Waals surface area contributed by atoms with E-state index in [9.17, 15) is 14.9 Å². The minimum absolute atomic E-state index is 0.0212. The van der Waals surface area contributed by atoms with E-state index in [-0.39, 0.29) is 16.3 Å². The van der Waals surface area contributed by atoms with Crippen molar-refractivity contribution in [3.63, 3.8) is 0 Å². The molecule has 0 saturated heterocycles. The van der Waals surface area contributed by atoms with Crippen molar-refractivity contribution in [1.82, 2.24) is 4.98 Å². The Morgan fingerprint density at radius 2 is 2.26 bits per heavy atom. The number of amides is 1. The van der Waals surface area contributed by atoms with Crippen LogP contribution < -0.4 is 4.90 Å². The maximum Gasteiger partial charge on any atom is 0.283 e. The highest BCUT2D eigenvalue weighted by Gasteiger charge is 2.24. The van der Waals surface area contributed by atoms with Crippen molar-refractivity contribution in [3.05, 3.63) is 50.5 Å². The number of nitrogens with zero attached hydrogens (tertiary/aromatic N) is 3. The number of thiazole rings is 1. The molecule has 8 heteroatoms. The van der Waals surface area contributed by atoms with Gasteiger partial charge >= 0.3 is 0 Å². The third-order valence-corrected chi connectivity index (χ3v) is 3.48. The number of rotatable bonds is 3. The Morgan fingerprint density at radius 1 is 1.53 bits per heavy atom. The van der Waals surface area contributed by atoms with Gasteiger partial charge in [-0.25, -0.2) is 4.98 Å².